The van der Waals surface area contributed by atoms with Crippen molar-refractivity contribution in [1.82, 2.24) is 14.5 Å². The number of carbonyl (C=O) groups is 1. The van der Waals surface area contributed by atoms with Crippen LogP contribution in [0, 0.1) is 0 Å². The Kier molecular flexibility index (Phi) is 6.87. The second-order valence-corrected chi connectivity index (χ2v) is 11.0. The van der Waals surface area contributed by atoms with E-state index in [2.05, 4.69) is 30.9 Å². The topological polar surface area (TPSA) is 99.6 Å². The van der Waals surface area contributed by atoms with Gasteiger partial charge in [-0.1, -0.05) is 17.4 Å². The maximum atomic E-state index is 13.6. The van der Waals surface area contributed by atoms with Gasteiger partial charge in [-0.25, -0.2) is 19.8 Å². The number of thiazole rings is 1. The molecule has 0 N–H and O–H groups in total. The van der Waals surface area contributed by atoms with Crippen LogP contribution in [0.4, 0.5) is 0 Å². The van der Waals surface area contributed by atoms with E-state index in [0.717, 1.165) is 9.35 Å². The van der Waals surface area contributed by atoms with Gasteiger partial charge in [0.2, 0.25) is 0 Å². The van der Waals surface area contributed by atoms with Gasteiger partial charge in [-0.15, -0.1) is 11.3 Å². The third kappa shape index (κ3) is 4.70. The Hall–Kier alpha value is -2.80. The standard InChI is InChI=1S/C23H17BrN4O4S3/c1-3-31-20(30)17-12(2)27-23-28(18(17)15-6-4-9-33-15)19(29)16(34-23)11-13-10-14(24)21(32-13)35-22-25-7-5-8-26-22/h4-11,18H,3H2,1-2H3/b16-11+/t18-/m1/s1. The summed E-state index contributed by atoms with van der Waals surface area (Å²) in [6.07, 6.45) is 4.99. The summed E-state index contributed by atoms with van der Waals surface area (Å²) in [5, 5.41) is 3.04. The molecule has 5 rings (SSSR count). The molecule has 0 saturated carbocycles. The predicted octanol–water partition coefficient (Wildman–Crippen LogP) is 4.16. The zero-order valence-electron chi connectivity index (χ0n) is 18.4. The number of hydrogen-bond acceptors (Lipinski definition) is 10. The molecule has 178 valence electrons. The van der Waals surface area contributed by atoms with Crippen molar-refractivity contribution in [2.24, 2.45) is 4.99 Å². The number of nitrogens with zero attached hydrogens (tertiary/aromatic N) is 4. The van der Waals surface area contributed by atoms with Gasteiger partial charge in [0.05, 0.1) is 26.9 Å². The highest BCUT2D eigenvalue weighted by Gasteiger charge is 2.33. The number of hydrogen-bond donors (Lipinski definition) is 0. The van der Waals surface area contributed by atoms with Crippen LogP contribution in [0.25, 0.3) is 6.08 Å². The number of aromatic nitrogens is 3. The summed E-state index contributed by atoms with van der Waals surface area (Å²) >= 11 is 7.50. The third-order valence-electron chi connectivity index (χ3n) is 5.00. The molecule has 4 aromatic rings. The van der Waals surface area contributed by atoms with Crippen LogP contribution < -0.4 is 14.9 Å². The molecule has 0 amide bonds. The molecule has 35 heavy (non-hydrogen) atoms. The molecule has 0 spiro atoms. The van der Waals surface area contributed by atoms with Crippen molar-refractivity contribution < 1.29 is 13.9 Å². The normalized spacial score (nSPS) is 15.7. The molecule has 0 aromatic carbocycles. The molecule has 1 atom stereocenters. The van der Waals surface area contributed by atoms with Crippen molar-refractivity contribution in [2.75, 3.05) is 6.61 Å². The van der Waals surface area contributed by atoms with E-state index in [1.54, 1.807) is 49.0 Å². The van der Waals surface area contributed by atoms with Gasteiger partial charge in [0.15, 0.2) is 15.1 Å². The summed E-state index contributed by atoms with van der Waals surface area (Å²) < 4.78 is 14.0. The molecule has 5 heterocycles. The first-order valence-electron chi connectivity index (χ1n) is 10.4. The number of halogens is 1. The summed E-state index contributed by atoms with van der Waals surface area (Å²) in [6, 6.07) is 6.73. The van der Waals surface area contributed by atoms with E-state index in [0.29, 0.717) is 36.6 Å². The molecule has 1 aliphatic heterocycles. The second kappa shape index (κ2) is 10.1. The van der Waals surface area contributed by atoms with Crippen molar-refractivity contribution in [3.63, 3.8) is 0 Å². The highest BCUT2D eigenvalue weighted by Crippen LogP contribution is 2.35. The van der Waals surface area contributed by atoms with Crippen LogP contribution in [-0.4, -0.2) is 27.1 Å². The Morgan fingerprint density at radius 3 is 2.86 bits per heavy atom. The molecule has 1 aliphatic rings. The van der Waals surface area contributed by atoms with Crippen LogP contribution in [0.2, 0.25) is 0 Å². The van der Waals surface area contributed by atoms with Gasteiger partial charge in [0.1, 0.15) is 11.8 Å². The smallest absolute Gasteiger partial charge is 0.338 e. The van der Waals surface area contributed by atoms with E-state index in [-0.39, 0.29) is 12.2 Å². The second-order valence-electron chi connectivity index (χ2n) is 7.24. The molecule has 0 bridgehead atoms. The number of fused-ring (bicyclic) bond motifs is 1. The lowest BCUT2D eigenvalue weighted by Gasteiger charge is -2.23. The van der Waals surface area contributed by atoms with Crippen molar-refractivity contribution in [2.45, 2.75) is 30.1 Å². The molecule has 0 saturated heterocycles. The van der Waals surface area contributed by atoms with Gasteiger partial charge in [-0.2, -0.15) is 0 Å². The monoisotopic (exact) mass is 588 g/mol. The minimum atomic E-state index is -0.600. The lowest BCUT2D eigenvalue weighted by Crippen LogP contribution is -2.39. The zero-order chi connectivity index (χ0) is 24.5. The molecule has 12 heteroatoms. The maximum absolute atomic E-state index is 13.6. The van der Waals surface area contributed by atoms with Crippen LogP contribution in [0.15, 0.2) is 82.2 Å². The number of allylic oxidation sites excluding steroid dienone is 1. The summed E-state index contributed by atoms with van der Waals surface area (Å²) in [7, 11) is 0. The molecule has 0 fully saturated rings. The molecule has 4 aromatic heterocycles. The van der Waals surface area contributed by atoms with Crippen LogP contribution in [0.5, 0.6) is 0 Å². The van der Waals surface area contributed by atoms with Gasteiger partial charge < -0.3 is 9.15 Å². The maximum Gasteiger partial charge on any atom is 0.338 e. The first-order chi connectivity index (χ1) is 17.0. The van der Waals surface area contributed by atoms with E-state index >= 15 is 0 Å². The average molecular weight is 590 g/mol. The van der Waals surface area contributed by atoms with Gasteiger partial charge in [0, 0.05) is 23.3 Å². The first kappa shape index (κ1) is 23.9. The average Bonchev–Trinajstić information content (AvgIpc) is 3.55. The van der Waals surface area contributed by atoms with Crippen LogP contribution in [0.3, 0.4) is 0 Å². The summed E-state index contributed by atoms with van der Waals surface area (Å²) in [5.74, 6) is 0.0239. The fraction of sp³-hybridized carbons (Fsp3) is 0.174. The van der Waals surface area contributed by atoms with Crippen molar-refractivity contribution in [3.05, 3.63) is 88.1 Å². The lowest BCUT2D eigenvalue weighted by atomic mass is 10.0. The third-order valence-corrected chi connectivity index (χ3v) is 8.64. The zero-order valence-corrected chi connectivity index (χ0v) is 22.5. The predicted molar refractivity (Wildman–Crippen MR) is 137 cm³/mol. The number of ether oxygens (including phenoxy) is 1. The van der Waals surface area contributed by atoms with Crippen LogP contribution >= 0.6 is 50.4 Å². The minimum absolute atomic E-state index is 0.235. The van der Waals surface area contributed by atoms with Crippen molar-refractivity contribution in [1.29, 1.82) is 0 Å². The number of esters is 1. The number of thiophene rings is 1. The van der Waals surface area contributed by atoms with E-state index in [1.165, 1.54) is 34.4 Å². The van der Waals surface area contributed by atoms with E-state index in [1.807, 2.05) is 17.5 Å². The Bertz CT molecular complexity index is 1600. The Balaban J connectivity index is 1.59. The van der Waals surface area contributed by atoms with Crippen LogP contribution in [0.1, 0.15) is 30.5 Å². The van der Waals surface area contributed by atoms with Crippen molar-refractivity contribution in [3.8, 4) is 0 Å². The highest BCUT2D eigenvalue weighted by molar-refractivity contribution is 9.10. The van der Waals surface area contributed by atoms with Gasteiger partial charge >= 0.3 is 5.97 Å². The molecule has 0 radical (unpaired) electrons. The highest BCUT2D eigenvalue weighted by atomic mass is 79.9. The first-order valence-corrected chi connectivity index (χ1v) is 13.7. The Morgan fingerprint density at radius 2 is 2.14 bits per heavy atom. The lowest BCUT2D eigenvalue weighted by molar-refractivity contribution is -0.139. The van der Waals surface area contributed by atoms with Crippen LogP contribution in [-0.2, 0) is 9.53 Å². The van der Waals surface area contributed by atoms with Gasteiger partial charge in [0.25, 0.3) is 5.56 Å². The molecule has 8 nitrogen and oxygen atoms in total. The van der Waals surface area contributed by atoms with Gasteiger partial charge in [-0.05, 0) is 65.1 Å². The quantitative estimate of drug-likeness (QED) is 0.246. The Labute approximate surface area is 219 Å². The fourth-order valence-corrected chi connectivity index (χ4v) is 6.65. The molecule has 0 aliphatic carbocycles. The Morgan fingerprint density at radius 1 is 1.34 bits per heavy atom. The van der Waals surface area contributed by atoms with Crippen molar-refractivity contribution >= 4 is 62.4 Å². The van der Waals surface area contributed by atoms with E-state index in [4.69, 9.17) is 9.15 Å². The van der Waals surface area contributed by atoms with Gasteiger partial charge in [-0.3, -0.25) is 9.36 Å². The van der Waals surface area contributed by atoms with E-state index < -0.39 is 12.0 Å². The number of furan rings is 1. The molecular weight excluding hydrogens is 572 g/mol. The number of carbonyl (C=O) groups excluding carboxylic acids is 1. The summed E-state index contributed by atoms with van der Waals surface area (Å²) in [5.41, 5.74) is 0.655. The minimum Gasteiger partial charge on any atom is -0.463 e. The van der Waals surface area contributed by atoms with E-state index in [9.17, 15) is 9.59 Å². The number of rotatable bonds is 6. The molecule has 0 unspecified atom stereocenters. The summed E-state index contributed by atoms with van der Waals surface area (Å²) in [6.45, 7) is 3.75. The summed E-state index contributed by atoms with van der Waals surface area (Å²) in [4.78, 5) is 40.8. The largest absolute Gasteiger partial charge is 0.463 e. The SMILES string of the molecule is CCOC(=O)C1=C(C)N=c2s/c(=C/c3cc(Br)c(Sc4ncccn4)o3)c(=O)n2[C@@H]1c1cccs1. The molecular formula is C23H17BrN4O4S3. The fourth-order valence-electron chi connectivity index (χ4n) is 3.57.